The number of nitrogens with one attached hydrogen (secondary N) is 1. The van der Waals surface area contributed by atoms with E-state index in [1.165, 1.54) is 11.1 Å². The lowest BCUT2D eigenvalue weighted by atomic mass is 10.1. The number of benzene rings is 2. The zero-order chi connectivity index (χ0) is 19.0. The molecule has 4 aromatic rings. The summed E-state index contributed by atoms with van der Waals surface area (Å²) in [4.78, 5) is 4.23. The van der Waals surface area contributed by atoms with Gasteiger partial charge in [0.25, 0.3) is 0 Å². The summed E-state index contributed by atoms with van der Waals surface area (Å²) in [7, 11) is 0. The molecule has 0 amide bonds. The smallest absolute Gasteiger partial charge is 0.125 e. The molecule has 0 spiro atoms. The van der Waals surface area contributed by atoms with E-state index in [1.807, 2.05) is 24.4 Å². The van der Waals surface area contributed by atoms with E-state index < -0.39 is 0 Å². The summed E-state index contributed by atoms with van der Waals surface area (Å²) in [6.07, 6.45) is 5.73. The summed E-state index contributed by atoms with van der Waals surface area (Å²) in [6.45, 7) is 1.64. The maximum atomic E-state index is 4.84. The predicted octanol–water partition coefficient (Wildman–Crippen LogP) is 5.19. The van der Waals surface area contributed by atoms with Crippen molar-refractivity contribution in [3.05, 3.63) is 102 Å². The molecule has 2 aromatic carbocycles. The Morgan fingerprint density at radius 2 is 1.57 bits per heavy atom. The van der Waals surface area contributed by atoms with E-state index in [4.69, 9.17) is 5.10 Å². The average molecular weight is 368 g/mol. The number of pyridine rings is 1. The summed E-state index contributed by atoms with van der Waals surface area (Å²) in [6, 6.07) is 27.1. The SMILES string of the molecule is c1ccc(CCCn2nc(-c3cccnc3)cc2NCc2ccccc2)cc1. The second-order valence-electron chi connectivity index (χ2n) is 6.81. The molecule has 0 saturated carbocycles. The van der Waals surface area contributed by atoms with E-state index in [0.29, 0.717) is 0 Å². The zero-order valence-corrected chi connectivity index (χ0v) is 15.8. The topological polar surface area (TPSA) is 42.7 Å². The van der Waals surface area contributed by atoms with E-state index >= 15 is 0 Å². The van der Waals surface area contributed by atoms with Crippen LogP contribution in [0.25, 0.3) is 11.3 Å². The highest BCUT2D eigenvalue weighted by Gasteiger charge is 2.10. The minimum atomic E-state index is 0.775. The van der Waals surface area contributed by atoms with Gasteiger partial charge in [0.15, 0.2) is 0 Å². The number of aromatic nitrogens is 3. The predicted molar refractivity (Wildman–Crippen MR) is 114 cm³/mol. The van der Waals surface area contributed by atoms with Gasteiger partial charge in [-0.25, -0.2) is 4.68 Å². The molecule has 0 radical (unpaired) electrons. The second kappa shape index (κ2) is 9.00. The van der Waals surface area contributed by atoms with Crippen LogP contribution in [0.1, 0.15) is 17.5 Å². The number of hydrogen-bond donors (Lipinski definition) is 1. The van der Waals surface area contributed by atoms with Gasteiger partial charge in [0.05, 0.1) is 5.69 Å². The van der Waals surface area contributed by atoms with E-state index in [0.717, 1.165) is 43.0 Å². The van der Waals surface area contributed by atoms with Gasteiger partial charge in [-0.05, 0) is 36.1 Å². The highest BCUT2D eigenvalue weighted by molar-refractivity contribution is 5.62. The fourth-order valence-electron chi connectivity index (χ4n) is 3.25. The van der Waals surface area contributed by atoms with Gasteiger partial charge in [-0.3, -0.25) is 4.98 Å². The van der Waals surface area contributed by atoms with Crippen molar-refractivity contribution < 1.29 is 0 Å². The van der Waals surface area contributed by atoms with E-state index in [2.05, 4.69) is 75.6 Å². The largest absolute Gasteiger partial charge is 0.366 e. The van der Waals surface area contributed by atoms with E-state index in [9.17, 15) is 0 Å². The zero-order valence-electron chi connectivity index (χ0n) is 15.8. The third-order valence-electron chi connectivity index (χ3n) is 4.73. The van der Waals surface area contributed by atoms with Crippen molar-refractivity contribution in [2.45, 2.75) is 25.9 Å². The average Bonchev–Trinajstić information content (AvgIpc) is 3.17. The van der Waals surface area contributed by atoms with Gasteiger partial charge >= 0.3 is 0 Å². The molecule has 4 nitrogen and oxygen atoms in total. The van der Waals surface area contributed by atoms with Crippen molar-refractivity contribution in [3.8, 4) is 11.3 Å². The molecule has 0 atom stereocenters. The molecule has 4 rings (SSSR count). The molecular weight excluding hydrogens is 344 g/mol. The molecule has 140 valence electrons. The first-order valence-electron chi connectivity index (χ1n) is 9.68. The van der Waals surface area contributed by atoms with Gasteiger partial charge in [0.1, 0.15) is 5.82 Å². The molecule has 0 aliphatic heterocycles. The fourth-order valence-corrected chi connectivity index (χ4v) is 3.25. The van der Waals surface area contributed by atoms with Gasteiger partial charge in [0, 0.05) is 37.1 Å². The van der Waals surface area contributed by atoms with Crippen LogP contribution in [0.5, 0.6) is 0 Å². The van der Waals surface area contributed by atoms with Gasteiger partial charge in [-0.15, -0.1) is 0 Å². The molecule has 0 aliphatic rings. The lowest BCUT2D eigenvalue weighted by Gasteiger charge is -2.10. The molecule has 1 N–H and O–H groups in total. The minimum absolute atomic E-state index is 0.775. The fraction of sp³-hybridized carbons (Fsp3) is 0.167. The lowest BCUT2D eigenvalue weighted by Crippen LogP contribution is -2.09. The number of anilines is 1. The molecule has 4 heteroatoms. The summed E-state index contributed by atoms with van der Waals surface area (Å²) < 4.78 is 2.08. The van der Waals surface area contributed by atoms with Crippen LogP contribution in [-0.4, -0.2) is 14.8 Å². The first-order valence-corrected chi connectivity index (χ1v) is 9.68. The molecule has 28 heavy (non-hydrogen) atoms. The Bertz CT molecular complexity index is 979. The van der Waals surface area contributed by atoms with Crippen LogP contribution in [0.3, 0.4) is 0 Å². The quantitative estimate of drug-likeness (QED) is 0.465. The van der Waals surface area contributed by atoms with Gasteiger partial charge in [-0.2, -0.15) is 5.10 Å². The van der Waals surface area contributed by atoms with Crippen LogP contribution in [-0.2, 0) is 19.5 Å². The monoisotopic (exact) mass is 368 g/mol. The van der Waals surface area contributed by atoms with E-state index in [1.54, 1.807) is 6.20 Å². The van der Waals surface area contributed by atoms with Crippen LogP contribution < -0.4 is 5.32 Å². The molecule has 0 bridgehead atoms. The standard InChI is InChI=1S/C24H24N4/c1-3-9-20(10-4-1)13-8-16-28-24(26-18-21-11-5-2-6-12-21)17-23(27-28)22-14-7-15-25-19-22/h1-7,9-12,14-15,17,19,26H,8,13,16,18H2. The first-order chi connectivity index (χ1) is 13.9. The molecule has 2 heterocycles. The number of aryl methyl sites for hydroxylation is 2. The van der Waals surface area contributed by atoms with Gasteiger partial charge < -0.3 is 5.32 Å². The normalized spacial score (nSPS) is 10.7. The molecule has 0 fully saturated rings. The van der Waals surface area contributed by atoms with Crippen LogP contribution in [0.4, 0.5) is 5.82 Å². The maximum Gasteiger partial charge on any atom is 0.125 e. The summed E-state index contributed by atoms with van der Waals surface area (Å²) in [5.74, 6) is 1.04. The first kappa shape index (κ1) is 18.0. The minimum Gasteiger partial charge on any atom is -0.366 e. The van der Waals surface area contributed by atoms with Crippen molar-refractivity contribution in [1.29, 1.82) is 0 Å². The lowest BCUT2D eigenvalue weighted by molar-refractivity contribution is 0.584. The number of hydrogen-bond acceptors (Lipinski definition) is 3. The molecule has 0 saturated heterocycles. The third-order valence-corrected chi connectivity index (χ3v) is 4.73. The Kier molecular flexibility index (Phi) is 5.78. The van der Waals surface area contributed by atoms with Gasteiger partial charge in [0.2, 0.25) is 0 Å². The highest BCUT2D eigenvalue weighted by atomic mass is 15.3. The summed E-state index contributed by atoms with van der Waals surface area (Å²) in [5, 5.41) is 8.39. The molecule has 2 aromatic heterocycles. The Morgan fingerprint density at radius 1 is 0.821 bits per heavy atom. The Balaban J connectivity index is 1.49. The number of rotatable bonds is 8. The summed E-state index contributed by atoms with van der Waals surface area (Å²) in [5.41, 5.74) is 4.60. The van der Waals surface area contributed by atoms with Crippen LogP contribution in [0.2, 0.25) is 0 Å². The van der Waals surface area contributed by atoms with E-state index in [-0.39, 0.29) is 0 Å². The molecule has 0 aliphatic carbocycles. The Labute approximate surface area is 165 Å². The van der Waals surface area contributed by atoms with Crippen molar-refractivity contribution in [3.63, 3.8) is 0 Å². The molecule has 0 unspecified atom stereocenters. The van der Waals surface area contributed by atoms with Crippen LogP contribution >= 0.6 is 0 Å². The third kappa shape index (κ3) is 4.65. The maximum absolute atomic E-state index is 4.84. The van der Waals surface area contributed by atoms with Crippen molar-refractivity contribution in [2.24, 2.45) is 0 Å². The summed E-state index contributed by atoms with van der Waals surface area (Å²) >= 11 is 0. The van der Waals surface area contributed by atoms with Crippen LogP contribution in [0, 0.1) is 0 Å². The number of nitrogens with zero attached hydrogens (tertiary/aromatic N) is 3. The second-order valence-corrected chi connectivity index (χ2v) is 6.81. The molecular formula is C24H24N4. The van der Waals surface area contributed by atoms with Gasteiger partial charge in [-0.1, -0.05) is 60.7 Å². The van der Waals surface area contributed by atoms with Crippen molar-refractivity contribution >= 4 is 5.82 Å². The van der Waals surface area contributed by atoms with Crippen molar-refractivity contribution in [1.82, 2.24) is 14.8 Å². The Morgan fingerprint density at radius 3 is 2.29 bits per heavy atom. The Hall–Kier alpha value is -3.40. The highest BCUT2D eigenvalue weighted by Crippen LogP contribution is 2.22. The van der Waals surface area contributed by atoms with Crippen molar-refractivity contribution in [2.75, 3.05) is 5.32 Å². The van der Waals surface area contributed by atoms with Crippen LogP contribution in [0.15, 0.2) is 91.3 Å².